The van der Waals surface area contributed by atoms with E-state index in [2.05, 4.69) is 10.1 Å². The summed E-state index contributed by atoms with van der Waals surface area (Å²) in [6.07, 6.45) is 4.21. The second-order valence-corrected chi connectivity index (χ2v) is 6.02. The topological polar surface area (TPSA) is 90.9 Å². The van der Waals surface area contributed by atoms with Gasteiger partial charge in [-0.25, -0.2) is 9.67 Å². The Morgan fingerprint density at radius 2 is 1.88 bits per heavy atom. The van der Waals surface area contributed by atoms with Gasteiger partial charge in [-0.2, -0.15) is 5.10 Å². The zero-order chi connectivity index (χ0) is 18.7. The lowest BCUT2D eigenvalue weighted by molar-refractivity contribution is -0.384. The van der Waals surface area contributed by atoms with Crippen LogP contribution in [0.1, 0.15) is 15.9 Å². The first kappa shape index (κ1) is 17.8. The van der Waals surface area contributed by atoms with Crippen molar-refractivity contribution in [3.05, 3.63) is 86.4 Å². The molecule has 0 saturated heterocycles. The van der Waals surface area contributed by atoms with Crippen molar-refractivity contribution in [2.45, 2.75) is 0 Å². The van der Waals surface area contributed by atoms with Crippen LogP contribution >= 0.6 is 23.2 Å². The highest BCUT2D eigenvalue weighted by Crippen LogP contribution is 2.26. The zero-order valence-electron chi connectivity index (χ0n) is 13.0. The second-order valence-electron chi connectivity index (χ2n) is 5.17. The number of nitrogens with zero attached hydrogens (tertiary/aromatic N) is 4. The fraction of sp³-hybridized carbons (Fsp3) is 0. The van der Waals surface area contributed by atoms with E-state index < -0.39 is 10.7 Å². The first-order valence-corrected chi connectivity index (χ1v) is 8.02. The summed E-state index contributed by atoms with van der Waals surface area (Å²) < 4.78 is 1.30. The predicted molar refractivity (Wildman–Crippen MR) is 98.1 cm³/mol. The van der Waals surface area contributed by atoms with Crippen LogP contribution in [0.15, 0.2) is 55.1 Å². The Bertz CT molecular complexity index is 999. The van der Waals surface area contributed by atoms with Crippen LogP contribution in [0.4, 0.5) is 5.69 Å². The van der Waals surface area contributed by atoms with E-state index in [0.29, 0.717) is 10.6 Å². The molecule has 0 atom stereocenters. The van der Waals surface area contributed by atoms with Crippen LogP contribution in [0.25, 0.3) is 11.8 Å². The lowest BCUT2D eigenvalue weighted by Crippen LogP contribution is -2.10. The van der Waals surface area contributed by atoms with E-state index in [9.17, 15) is 14.9 Å². The average molecular weight is 389 g/mol. The van der Waals surface area contributed by atoms with Crippen LogP contribution in [0, 0.1) is 10.1 Å². The molecule has 3 rings (SSSR count). The van der Waals surface area contributed by atoms with Gasteiger partial charge in [0, 0.05) is 22.7 Å². The molecule has 0 amide bonds. The van der Waals surface area contributed by atoms with Crippen LogP contribution in [0.2, 0.25) is 10.0 Å². The molecule has 0 N–H and O–H groups in total. The van der Waals surface area contributed by atoms with E-state index in [0.717, 1.165) is 0 Å². The SMILES string of the molecule is O=C(/C(=C/c1ccc([N+](=O)[O-])cc1)n1cncn1)c1ccc(Cl)cc1Cl. The van der Waals surface area contributed by atoms with Crippen LogP contribution in [-0.4, -0.2) is 25.5 Å². The third kappa shape index (κ3) is 3.79. The summed E-state index contributed by atoms with van der Waals surface area (Å²) in [5.74, 6) is -0.393. The number of rotatable bonds is 5. The maximum Gasteiger partial charge on any atom is 0.269 e. The van der Waals surface area contributed by atoms with Gasteiger partial charge in [0.1, 0.15) is 18.4 Å². The number of nitro groups is 1. The molecule has 0 spiro atoms. The largest absolute Gasteiger partial charge is 0.287 e. The number of hydrogen-bond acceptors (Lipinski definition) is 5. The van der Waals surface area contributed by atoms with Crippen LogP contribution in [-0.2, 0) is 0 Å². The van der Waals surface area contributed by atoms with Crippen molar-refractivity contribution in [3.63, 3.8) is 0 Å². The molecule has 1 aromatic heterocycles. The van der Waals surface area contributed by atoms with Gasteiger partial charge in [0.25, 0.3) is 5.69 Å². The van der Waals surface area contributed by atoms with Gasteiger partial charge in [0.2, 0.25) is 5.78 Å². The first-order chi connectivity index (χ1) is 12.5. The summed E-state index contributed by atoms with van der Waals surface area (Å²) in [6.45, 7) is 0. The highest BCUT2D eigenvalue weighted by atomic mass is 35.5. The highest BCUT2D eigenvalue weighted by molar-refractivity contribution is 6.40. The molecule has 9 heteroatoms. The smallest absolute Gasteiger partial charge is 0.269 e. The molecule has 0 fully saturated rings. The van der Waals surface area contributed by atoms with Crippen LogP contribution in [0.3, 0.4) is 0 Å². The van der Waals surface area contributed by atoms with Crippen molar-refractivity contribution < 1.29 is 9.72 Å². The minimum atomic E-state index is -0.496. The monoisotopic (exact) mass is 388 g/mol. The number of carbonyl (C=O) groups excluding carboxylic acids is 1. The molecule has 2 aromatic carbocycles. The summed E-state index contributed by atoms with van der Waals surface area (Å²) in [5.41, 5.74) is 0.969. The first-order valence-electron chi connectivity index (χ1n) is 7.26. The molecule has 7 nitrogen and oxygen atoms in total. The summed E-state index contributed by atoms with van der Waals surface area (Å²) in [6, 6.07) is 10.3. The van der Waals surface area contributed by atoms with Gasteiger partial charge in [-0.15, -0.1) is 0 Å². The van der Waals surface area contributed by atoms with Gasteiger partial charge in [-0.05, 0) is 42.0 Å². The molecule has 0 unspecified atom stereocenters. The number of non-ortho nitro benzene ring substituents is 1. The Balaban J connectivity index is 2.05. The lowest BCUT2D eigenvalue weighted by atomic mass is 10.1. The summed E-state index contributed by atoms with van der Waals surface area (Å²) >= 11 is 12.0. The number of allylic oxidation sites excluding steroid dienone is 1. The number of nitro benzene ring substituents is 1. The third-order valence-corrected chi connectivity index (χ3v) is 4.03. The van der Waals surface area contributed by atoms with Gasteiger partial charge in [-0.1, -0.05) is 23.2 Å². The van der Waals surface area contributed by atoms with Gasteiger partial charge >= 0.3 is 0 Å². The maximum absolute atomic E-state index is 13.0. The van der Waals surface area contributed by atoms with Crippen molar-refractivity contribution in [1.29, 1.82) is 0 Å². The number of hydrogen-bond donors (Lipinski definition) is 0. The summed E-state index contributed by atoms with van der Waals surface area (Å²) in [7, 11) is 0. The number of Topliss-reactive ketones (excluding diaryl/α,β-unsaturated/α-hetero) is 1. The molecule has 0 saturated carbocycles. The van der Waals surface area contributed by atoms with Crippen molar-refractivity contribution >= 4 is 46.4 Å². The van der Waals surface area contributed by atoms with Gasteiger partial charge in [0.15, 0.2) is 0 Å². The quantitative estimate of drug-likeness (QED) is 0.280. The number of benzene rings is 2. The van der Waals surface area contributed by atoms with E-state index in [4.69, 9.17) is 23.2 Å². The fourth-order valence-electron chi connectivity index (χ4n) is 2.23. The normalized spacial score (nSPS) is 11.4. The molecular formula is C17H10Cl2N4O3. The minimum Gasteiger partial charge on any atom is -0.287 e. The molecule has 3 aromatic rings. The van der Waals surface area contributed by atoms with Crippen molar-refractivity contribution in [2.75, 3.05) is 0 Å². The summed E-state index contributed by atoms with van der Waals surface area (Å²) in [5, 5.41) is 15.4. The number of carbonyl (C=O) groups is 1. The Morgan fingerprint density at radius 3 is 2.46 bits per heavy atom. The van der Waals surface area contributed by atoms with Gasteiger partial charge in [0.05, 0.1) is 9.95 Å². The number of aromatic nitrogens is 3. The molecular weight excluding hydrogens is 379 g/mol. The van der Waals surface area contributed by atoms with E-state index in [1.807, 2.05) is 0 Å². The minimum absolute atomic E-state index is 0.0449. The lowest BCUT2D eigenvalue weighted by Gasteiger charge is -2.08. The van der Waals surface area contributed by atoms with E-state index in [1.54, 1.807) is 12.1 Å². The number of halogens is 2. The summed E-state index contributed by atoms with van der Waals surface area (Å²) in [4.78, 5) is 27.1. The van der Waals surface area contributed by atoms with E-state index in [-0.39, 0.29) is 22.0 Å². The van der Waals surface area contributed by atoms with Gasteiger partial charge < -0.3 is 0 Å². The number of ketones is 1. The molecule has 0 radical (unpaired) electrons. The predicted octanol–water partition coefficient (Wildman–Crippen LogP) is 4.37. The Labute approximate surface area is 157 Å². The molecule has 0 aliphatic heterocycles. The van der Waals surface area contributed by atoms with Crippen LogP contribution in [0.5, 0.6) is 0 Å². The standard InChI is InChI=1S/C17H10Cl2N4O3/c18-12-3-6-14(15(19)8-12)17(24)16(22-10-20-9-21-22)7-11-1-4-13(5-2-11)23(25)26/h1-10H/b16-7-. The average Bonchev–Trinajstić information content (AvgIpc) is 3.14. The van der Waals surface area contributed by atoms with Crippen molar-refractivity contribution in [2.24, 2.45) is 0 Å². The van der Waals surface area contributed by atoms with Crippen molar-refractivity contribution in [1.82, 2.24) is 14.8 Å². The molecule has 130 valence electrons. The molecule has 0 aliphatic rings. The second kappa shape index (κ2) is 7.47. The van der Waals surface area contributed by atoms with Crippen LogP contribution < -0.4 is 0 Å². The maximum atomic E-state index is 13.0. The molecule has 0 bridgehead atoms. The highest BCUT2D eigenvalue weighted by Gasteiger charge is 2.18. The molecule has 0 aliphatic carbocycles. The Morgan fingerprint density at radius 1 is 1.15 bits per heavy atom. The van der Waals surface area contributed by atoms with E-state index in [1.165, 1.54) is 53.7 Å². The van der Waals surface area contributed by atoms with E-state index >= 15 is 0 Å². The van der Waals surface area contributed by atoms with Crippen molar-refractivity contribution in [3.8, 4) is 0 Å². The van der Waals surface area contributed by atoms with Gasteiger partial charge in [-0.3, -0.25) is 14.9 Å². The molecule has 26 heavy (non-hydrogen) atoms. The molecule has 1 heterocycles. The Hall–Kier alpha value is -3.03. The fourth-order valence-corrected chi connectivity index (χ4v) is 2.72. The Kier molecular flexibility index (Phi) is 5.11. The third-order valence-electron chi connectivity index (χ3n) is 3.48. The zero-order valence-corrected chi connectivity index (χ0v) is 14.6.